The van der Waals surface area contributed by atoms with Crippen molar-refractivity contribution in [2.45, 2.75) is 26.3 Å². The van der Waals surface area contributed by atoms with Crippen LogP contribution in [0.25, 0.3) is 0 Å². The van der Waals surface area contributed by atoms with E-state index in [0.29, 0.717) is 12.5 Å². The highest BCUT2D eigenvalue weighted by Gasteiger charge is 2.16. The molecule has 1 saturated heterocycles. The van der Waals surface area contributed by atoms with E-state index in [0.717, 1.165) is 63.2 Å². The normalized spacial score (nSPS) is 16.9. The zero-order valence-electron chi connectivity index (χ0n) is 16.9. The average molecular weight is 386 g/mol. The van der Waals surface area contributed by atoms with Crippen LogP contribution < -0.4 is 10.1 Å². The van der Waals surface area contributed by atoms with Crippen molar-refractivity contribution >= 4 is 5.96 Å². The maximum atomic E-state index is 5.53. The number of hydrogen-bond acceptors (Lipinski definition) is 4. The van der Waals surface area contributed by atoms with Crippen molar-refractivity contribution in [3.05, 3.63) is 54.0 Å². The molecule has 1 N–H and O–H groups in total. The largest absolute Gasteiger partial charge is 0.494 e. The summed E-state index contributed by atoms with van der Waals surface area (Å²) in [5, 5.41) is 3.48. The smallest absolute Gasteiger partial charge is 0.193 e. The molecule has 6 heteroatoms. The topological polar surface area (TPSA) is 59.2 Å². The standard InChI is InChI=1S/C22H31N3O3/c1-3-27-21-8-6-18(7-9-21)16-25(2)22(24-15-19-11-14-26-17-19)23-12-10-20-5-4-13-28-20/h4-9,13,19H,3,10-12,14-17H2,1-2H3,(H,23,24). The van der Waals surface area contributed by atoms with Crippen LogP contribution in [0.1, 0.15) is 24.7 Å². The van der Waals surface area contributed by atoms with E-state index in [2.05, 4.69) is 29.4 Å². The Labute approximate surface area is 167 Å². The Morgan fingerprint density at radius 2 is 2.14 bits per heavy atom. The molecule has 28 heavy (non-hydrogen) atoms. The van der Waals surface area contributed by atoms with Crippen LogP contribution in [-0.4, -0.2) is 50.8 Å². The minimum atomic E-state index is 0.515. The van der Waals surface area contributed by atoms with Crippen LogP contribution in [0.5, 0.6) is 5.75 Å². The lowest BCUT2D eigenvalue weighted by Gasteiger charge is -2.23. The minimum absolute atomic E-state index is 0.515. The van der Waals surface area contributed by atoms with Crippen LogP contribution in [-0.2, 0) is 17.7 Å². The summed E-state index contributed by atoms with van der Waals surface area (Å²) in [5.74, 6) is 3.30. The Bertz CT molecular complexity index is 707. The maximum Gasteiger partial charge on any atom is 0.193 e. The Morgan fingerprint density at radius 3 is 2.82 bits per heavy atom. The van der Waals surface area contributed by atoms with Gasteiger partial charge in [0.25, 0.3) is 0 Å². The highest BCUT2D eigenvalue weighted by Crippen LogP contribution is 2.15. The van der Waals surface area contributed by atoms with Crippen molar-refractivity contribution < 1.29 is 13.9 Å². The molecule has 2 heterocycles. The third-order valence-electron chi connectivity index (χ3n) is 4.77. The van der Waals surface area contributed by atoms with Crippen molar-refractivity contribution in [1.29, 1.82) is 0 Å². The number of benzene rings is 1. The lowest BCUT2D eigenvalue weighted by molar-refractivity contribution is 0.187. The molecule has 0 saturated carbocycles. The number of guanidine groups is 1. The van der Waals surface area contributed by atoms with Crippen molar-refractivity contribution in [2.75, 3.05) is 40.0 Å². The highest BCUT2D eigenvalue weighted by atomic mass is 16.5. The molecule has 0 aliphatic carbocycles. The first kappa shape index (κ1) is 20.3. The Balaban J connectivity index is 1.58. The van der Waals surface area contributed by atoms with Gasteiger partial charge in [-0.25, -0.2) is 0 Å². The maximum absolute atomic E-state index is 5.53. The summed E-state index contributed by atoms with van der Waals surface area (Å²) in [7, 11) is 2.07. The zero-order valence-corrected chi connectivity index (χ0v) is 16.9. The van der Waals surface area contributed by atoms with Gasteiger partial charge in [-0.3, -0.25) is 4.99 Å². The zero-order chi connectivity index (χ0) is 19.6. The van der Waals surface area contributed by atoms with Crippen LogP contribution in [0.3, 0.4) is 0 Å². The van der Waals surface area contributed by atoms with E-state index in [9.17, 15) is 0 Å². The molecule has 6 nitrogen and oxygen atoms in total. The molecular weight excluding hydrogens is 354 g/mol. The summed E-state index contributed by atoms with van der Waals surface area (Å²) < 4.78 is 16.4. The summed E-state index contributed by atoms with van der Waals surface area (Å²) in [6.07, 6.45) is 3.63. The van der Waals surface area contributed by atoms with Crippen molar-refractivity contribution in [1.82, 2.24) is 10.2 Å². The lowest BCUT2D eigenvalue weighted by atomic mass is 10.1. The molecule has 1 aliphatic rings. The number of hydrogen-bond donors (Lipinski definition) is 1. The molecule has 0 radical (unpaired) electrons. The van der Waals surface area contributed by atoms with Gasteiger partial charge in [0.2, 0.25) is 0 Å². The van der Waals surface area contributed by atoms with Crippen LogP contribution in [0.15, 0.2) is 52.1 Å². The Hall–Kier alpha value is -2.47. The first-order valence-electron chi connectivity index (χ1n) is 10.1. The number of nitrogens with one attached hydrogen (secondary N) is 1. The molecule has 3 rings (SSSR count). The van der Waals surface area contributed by atoms with E-state index in [1.807, 2.05) is 31.2 Å². The molecule has 0 bridgehead atoms. The number of rotatable bonds is 9. The van der Waals surface area contributed by atoms with Gasteiger partial charge in [0, 0.05) is 45.6 Å². The molecule has 0 spiro atoms. The van der Waals surface area contributed by atoms with Crippen LogP contribution in [0.2, 0.25) is 0 Å². The van der Waals surface area contributed by atoms with Gasteiger partial charge in [-0.2, -0.15) is 0 Å². The predicted octanol–water partition coefficient (Wildman–Crippen LogP) is 3.33. The van der Waals surface area contributed by atoms with Gasteiger partial charge in [-0.05, 0) is 43.2 Å². The molecule has 1 atom stereocenters. The fourth-order valence-corrected chi connectivity index (χ4v) is 3.21. The van der Waals surface area contributed by atoms with Gasteiger partial charge in [-0.1, -0.05) is 12.1 Å². The van der Waals surface area contributed by atoms with E-state index in [4.69, 9.17) is 18.9 Å². The van der Waals surface area contributed by atoms with Crippen molar-refractivity contribution in [3.8, 4) is 5.75 Å². The quantitative estimate of drug-likeness (QED) is 0.530. The second kappa shape index (κ2) is 10.8. The van der Waals surface area contributed by atoms with E-state index >= 15 is 0 Å². The first-order valence-corrected chi connectivity index (χ1v) is 10.1. The van der Waals surface area contributed by atoms with Gasteiger partial charge in [0.05, 0.1) is 19.5 Å². The van der Waals surface area contributed by atoms with E-state index in [-0.39, 0.29) is 0 Å². The highest BCUT2D eigenvalue weighted by molar-refractivity contribution is 5.79. The van der Waals surface area contributed by atoms with Crippen molar-refractivity contribution in [2.24, 2.45) is 10.9 Å². The van der Waals surface area contributed by atoms with Gasteiger partial charge in [-0.15, -0.1) is 0 Å². The Morgan fingerprint density at radius 1 is 1.29 bits per heavy atom. The summed E-state index contributed by atoms with van der Waals surface area (Å²) >= 11 is 0. The van der Waals surface area contributed by atoms with Gasteiger partial charge >= 0.3 is 0 Å². The molecular formula is C22H31N3O3. The summed E-state index contributed by atoms with van der Waals surface area (Å²) in [6.45, 7) is 6.68. The fraction of sp³-hybridized carbons (Fsp3) is 0.500. The molecule has 152 valence electrons. The molecule has 2 aromatic rings. The van der Waals surface area contributed by atoms with Crippen LogP contribution >= 0.6 is 0 Å². The van der Waals surface area contributed by atoms with E-state index < -0.39 is 0 Å². The van der Waals surface area contributed by atoms with Gasteiger partial charge < -0.3 is 24.1 Å². The predicted molar refractivity (Wildman–Crippen MR) is 111 cm³/mol. The lowest BCUT2D eigenvalue weighted by Crippen LogP contribution is -2.40. The second-order valence-electron chi connectivity index (χ2n) is 7.08. The monoisotopic (exact) mass is 385 g/mol. The van der Waals surface area contributed by atoms with Crippen molar-refractivity contribution in [3.63, 3.8) is 0 Å². The SMILES string of the molecule is CCOc1ccc(CN(C)C(=NCC2CCOC2)NCCc2ccco2)cc1. The summed E-state index contributed by atoms with van der Waals surface area (Å²) in [4.78, 5) is 7.02. The Kier molecular flexibility index (Phi) is 7.79. The summed E-state index contributed by atoms with van der Waals surface area (Å²) in [5.41, 5.74) is 1.22. The molecule has 0 amide bonds. The third kappa shape index (κ3) is 6.30. The third-order valence-corrected chi connectivity index (χ3v) is 4.77. The second-order valence-corrected chi connectivity index (χ2v) is 7.08. The number of nitrogens with zero attached hydrogens (tertiary/aromatic N) is 2. The van der Waals surface area contributed by atoms with Gasteiger partial charge in [0.15, 0.2) is 5.96 Å². The summed E-state index contributed by atoms with van der Waals surface area (Å²) in [6, 6.07) is 12.2. The molecule has 1 aliphatic heterocycles. The van der Waals surface area contributed by atoms with E-state index in [1.165, 1.54) is 5.56 Å². The number of furan rings is 1. The van der Waals surface area contributed by atoms with Crippen LogP contribution in [0.4, 0.5) is 0 Å². The first-order chi connectivity index (χ1) is 13.7. The molecule has 1 aromatic carbocycles. The van der Waals surface area contributed by atoms with Crippen LogP contribution in [0, 0.1) is 5.92 Å². The molecule has 1 aromatic heterocycles. The average Bonchev–Trinajstić information content (AvgIpc) is 3.40. The number of ether oxygens (including phenoxy) is 2. The molecule has 1 unspecified atom stereocenters. The minimum Gasteiger partial charge on any atom is -0.494 e. The van der Waals surface area contributed by atoms with E-state index in [1.54, 1.807) is 6.26 Å². The number of aliphatic imine (C=N–C) groups is 1. The van der Waals surface area contributed by atoms with Gasteiger partial charge in [0.1, 0.15) is 11.5 Å². The fourth-order valence-electron chi connectivity index (χ4n) is 3.21. The molecule has 1 fully saturated rings.